The number of anilines is 1. The number of hydrogen-bond donors (Lipinski definition) is 1. The Labute approximate surface area is 202 Å². The molecule has 1 fully saturated rings. The summed E-state index contributed by atoms with van der Waals surface area (Å²) in [5.41, 5.74) is 2.93. The number of guanidine groups is 1. The second-order valence-electron chi connectivity index (χ2n) is 7.74. The summed E-state index contributed by atoms with van der Waals surface area (Å²) >= 11 is 0. The van der Waals surface area contributed by atoms with Crippen LogP contribution in [0.5, 0.6) is 5.75 Å². The summed E-state index contributed by atoms with van der Waals surface area (Å²) in [6.07, 6.45) is 0. The molecule has 8 heteroatoms. The highest BCUT2D eigenvalue weighted by molar-refractivity contribution is 14.0. The van der Waals surface area contributed by atoms with Gasteiger partial charge in [0.25, 0.3) is 0 Å². The predicted octanol–water partition coefficient (Wildman–Crippen LogP) is 3.41. The minimum Gasteiger partial charge on any atom is -0.497 e. The number of benzene rings is 2. The molecule has 0 spiro atoms. The van der Waals surface area contributed by atoms with Gasteiger partial charge in [-0.15, -0.1) is 24.0 Å². The lowest BCUT2D eigenvalue weighted by Gasteiger charge is -2.37. The van der Waals surface area contributed by atoms with Crippen LogP contribution in [-0.2, 0) is 13.1 Å². The lowest BCUT2D eigenvalue weighted by atomic mass is 10.1. The fourth-order valence-corrected chi connectivity index (χ4v) is 3.70. The predicted molar refractivity (Wildman–Crippen MR) is 136 cm³/mol. The van der Waals surface area contributed by atoms with Gasteiger partial charge in [-0.25, -0.2) is 4.39 Å². The molecule has 0 radical (unpaired) electrons. The van der Waals surface area contributed by atoms with Crippen molar-refractivity contribution in [1.82, 2.24) is 15.1 Å². The molecule has 0 aliphatic carbocycles. The normalized spacial score (nSPS) is 14.5. The topological polar surface area (TPSA) is 43.3 Å². The van der Waals surface area contributed by atoms with E-state index in [1.54, 1.807) is 20.2 Å². The number of halogens is 2. The van der Waals surface area contributed by atoms with Crippen molar-refractivity contribution in [2.24, 2.45) is 4.99 Å². The van der Waals surface area contributed by atoms with Crippen LogP contribution in [0.15, 0.2) is 47.5 Å². The zero-order valence-corrected chi connectivity index (χ0v) is 21.1. The Hall–Kier alpha value is -2.07. The highest BCUT2D eigenvalue weighted by Crippen LogP contribution is 2.22. The maximum absolute atomic E-state index is 14.0. The third-order valence-corrected chi connectivity index (χ3v) is 5.26. The van der Waals surface area contributed by atoms with Gasteiger partial charge in [-0.3, -0.25) is 4.99 Å². The van der Waals surface area contributed by atoms with E-state index in [1.807, 2.05) is 43.3 Å². The van der Waals surface area contributed by atoms with E-state index >= 15 is 0 Å². The highest BCUT2D eigenvalue weighted by atomic mass is 127. The Bertz CT molecular complexity index is 869. The Morgan fingerprint density at radius 2 is 1.87 bits per heavy atom. The van der Waals surface area contributed by atoms with Crippen LogP contribution in [-0.4, -0.2) is 70.2 Å². The molecular formula is C23H33FIN5O. The first kappa shape index (κ1) is 25.2. The average Bonchev–Trinajstić information content (AvgIpc) is 2.76. The van der Waals surface area contributed by atoms with Crippen LogP contribution in [0.25, 0.3) is 0 Å². The van der Waals surface area contributed by atoms with Crippen LogP contribution in [0.2, 0.25) is 0 Å². The molecule has 2 aromatic rings. The van der Waals surface area contributed by atoms with Gasteiger partial charge in [-0.2, -0.15) is 0 Å². The molecule has 0 saturated carbocycles. The number of ether oxygens (including phenoxy) is 1. The highest BCUT2D eigenvalue weighted by Gasteiger charge is 2.20. The monoisotopic (exact) mass is 541 g/mol. The van der Waals surface area contributed by atoms with Gasteiger partial charge >= 0.3 is 0 Å². The van der Waals surface area contributed by atoms with E-state index in [2.05, 4.69) is 32.2 Å². The van der Waals surface area contributed by atoms with E-state index < -0.39 is 0 Å². The molecule has 0 unspecified atom stereocenters. The first-order valence-corrected chi connectivity index (χ1v) is 10.3. The maximum Gasteiger partial charge on any atom is 0.194 e. The number of piperazine rings is 1. The third kappa shape index (κ3) is 6.96. The Morgan fingerprint density at radius 3 is 2.52 bits per heavy atom. The molecule has 1 aliphatic heterocycles. The van der Waals surface area contributed by atoms with E-state index in [0.717, 1.165) is 43.5 Å². The number of aliphatic imine (C=N–C) groups is 1. The Kier molecular flexibility index (Phi) is 9.83. The molecule has 6 nitrogen and oxygen atoms in total. The first-order valence-electron chi connectivity index (χ1n) is 10.3. The van der Waals surface area contributed by atoms with Gasteiger partial charge in [-0.1, -0.05) is 12.1 Å². The van der Waals surface area contributed by atoms with Crippen molar-refractivity contribution in [3.63, 3.8) is 0 Å². The zero-order chi connectivity index (χ0) is 21.5. The van der Waals surface area contributed by atoms with Gasteiger partial charge in [0.15, 0.2) is 5.96 Å². The summed E-state index contributed by atoms with van der Waals surface area (Å²) in [5, 5.41) is 3.43. The molecule has 0 aromatic heterocycles. The molecule has 2 aromatic carbocycles. The number of nitrogens with one attached hydrogen (secondary N) is 1. The maximum atomic E-state index is 14.0. The third-order valence-electron chi connectivity index (χ3n) is 5.26. The summed E-state index contributed by atoms with van der Waals surface area (Å²) in [6, 6.07) is 13.5. The SMILES string of the molecule is CN=C(NCc1ccc(F)c(CN(C)C)c1)N1CCN(c2cccc(OC)c2)CC1.I. The quantitative estimate of drug-likeness (QED) is 0.345. The van der Waals surface area contributed by atoms with Crippen molar-refractivity contribution >= 4 is 35.6 Å². The lowest BCUT2D eigenvalue weighted by Crippen LogP contribution is -2.52. The van der Waals surface area contributed by atoms with Gasteiger partial charge in [0, 0.05) is 63.6 Å². The average molecular weight is 541 g/mol. The summed E-state index contributed by atoms with van der Waals surface area (Å²) in [5.74, 6) is 1.59. The summed E-state index contributed by atoms with van der Waals surface area (Å²) in [6.45, 7) is 4.79. The molecule has 0 atom stereocenters. The first-order chi connectivity index (χ1) is 14.5. The Balaban J connectivity index is 0.00000341. The fourth-order valence-electron chi connectivity index (χ4n) is 3.70. The van der Waals surface area contributed by atoms with Gasteiger partial charge in [0.1, 0.15) is 11.6 Å². The summed E-state index contributed by atoms with van der Waals surface area (Å²) in [4.78, 5) is 11.0. The van der Waals surface area contributed by atoms with Gasteiger partial charge < -0.3 is 24.8 Å². The molecule has 1 N–H and O–H groups in total. The molecule has 1 saturated heterocycles. The molecule has 1 aliphatic rings. The van der Waals surface area contributed by atoms with E-state index in [-0.39, 0.29) is 29.8 Å². The van der Waals surface area contributed by atoms with E-state index in [0.29, 0.717) is 18.7 Å². The minimum absolute atomic E-state index is 0. The van der Waals surface area contributed by atoms with Crippen LogP contribution < -0.4 is 15.0 Å². The fraction of sp³-hybridized carbons (Fsp3) is 0.435. The van der Waals surface area contributed by atoms with Crippen molar-refractivity contribution in [2.75, 3.05) is 59.3 Å². The molecule has 170 valence electrons. The van der Waals surface area contributed by atoms with Crippen molar-refractivity contribution in [3.8, 4) is 5.75 Å². The van der Waals surface area contributed by atoms with Crippen LogP contribution in [0.4, 0.5) is 10.1 Å². The van der Waals surface area contributed by atoms with Crippen molar-refractivity contribution in [1.29, 1.82) is 0 Å². The molecule has 0 bridgehead atoms. The second-order valence-corrected chi connectivity index (χ2v) is 7.74. The van der Waals surface area contributed by atoms with Crippen LogP contribution in [0.3, 0.4) is 0 Å². The number of rotatable bonds is 6. The number of methoxy groups -OCH3 is 1. The van der Waals surface area contributed by atoms with E-state index in [9.17, 15) is 4.39 Å². The van der Waals surface area contributed by atoms with Crippen LogP contribution in [0, 0.1) is 5.82 Å². The van der Waals surface area contributed by atoms with Crippen LogP contribution >= 0.6 is 24.0 Å². The molecule has 3 rings (SSSR count). The standard InChI is InChI=1S/C23H32FN5O.HI/c1-25-23(26-16-18-8-9-22(24)19(14-18)17-27(2)3)29-12-10-28(11-13-29)20-6-5-7-21(15-20)30-4;/h5-9,14-15H,10-13,16-17H2,1-4H3,(H,25,26);1H. The van der Waals surface area contributed by atoms with Gasteiger partial charge in [0.05, 0.1) is 7.11 Å². The van der Waals surface area contributed by atoms with Crippen molar-refractivity contribution in [3.05, 3.63) is 59.4 Å². The second kappa shape index (κ2) is 12.1. The van der Waals surface area contributed by atoms with Gasteiger partial charge in [0.2, 0.25) is 0 Å². The largest absolute Gasteiger partial charge is 0.497 e. The van der Waals surface area contributed by atoms with Crippen molar-refractivity contribution in [2.45, 2.75) is 13.1 Å². The van der Waals surface area contributed by atoms with E-state index in [1.165, 1.54) is 5.69 Å². The zero-order valence-electron chi connectivity index (χ0n) is 18.8. The smallest absolute Gasteiger partial charge is 0.194 e. The number of hydrogen-bond acceptors (Lipinski definition) is 4. The molecule has 1 heterocycles. The molecular weight excluding hydrogens is 508 g/mol. The molecule has 0 amide bonds. The molecule has 31 heavy (non-hydrogen) atoms. The van der Waals surface area contributed by atoms with Crippen molar-refractivity contribution < 1.29 is 9.13 Å². The number of nitrogens with zero attached hydrogens (tertiary/aromatic N) is 4. The van der Waals surface area contributed by atoms with Gasteiger partial charge in [-0.05, 0) is 43.9 Å². The Morgan fingerprint density at radius 1 is 1.13 bits per heavy atom. The summed E-state index contributed by atoms with van der Waals surface area (Å²) < 4.78 is 19.4. The van der Waals surface area contributed by atoms with E-state index in [4.69, 9.17) is 4.74 Å². The summed E-state index contributed by atoms with van der Waals surface area (Å²) in [7, 11) is 7.38. The van der Waals surface area contributed by atoms with Crippen LogP contribution in [0.1, 0.15) is 11.1 Å². The lowest BCUT2D eigenvalue weighted by molar-refractivity contribution is 0.371. The minimum atomic E-state index is -0.162.